The summed E-state index contributed by atoms with van der Waals surface area (Å²) in [5.41, 5.74) is 0. The van der Waals surface area contributed by atoms with Gasteiger partial charge in [-0.25, -0.2) is 12.8 Å². The average Bonchev–Trinajstić information content (AvgIpc) is 2.47. The number of methoxy groups -OCH3 is 1. The van der Waals surface area contributed by atoms with Gasteiger partial charge in [-0.2, -0.15) is 4.31 Å². The van der Waals surface area contributed by atoms with Gasteiger partial charge < -0.3 is 9.84 Å². The molecule has 0 aliphatic carbocycles. The number of benzene rings is 1. The molecule has 1 aliphatic heterocycles. The molecule has 0 saturated carbocycles. The second-order valence-corrected chi connectivity index (χ2v) is 6.75. The van der Waals surface area contributed by atoms with Crippen LogP contribution in [0.15, 0.2) is 23.1 Å². The number of halogens is 1. The molecule has 6 nitrogen and oxygen atoms in total. The van der Waals surface area contributed by atoms with E-state index < -0.39 is 27.7 Å². The molecular weight excluding hydrogens is 301 g/mol. The van der Waals surface area contributed by atoms with Crippen molar-refractivity contribution in [3.8, 4) is 5.75 Å². The molecule has 1 heterocycles. The van der Waals surface area contributed by atoms with Gasteiger partial charge in [0.05, 0.1) is 17.9 Å². The quantitative estimate of drug-likeness (QED) is 0.905. The van der Waals surface area contributed by atoms with E-state index in [0.29, 0.717) is 0 Å². The Morgan fingerprint density at radius 1 is 1.38 bits per heavy atom. The molecule has 8 heteroatoms. The first-order valence-electron chi connectivity index (χ1n) is 6.42. The van der Waals surface area contributed by atoms with E-state index >= 15 is 0 Å². The maximum Gasteiger partial charge on any atom is 0.306 e. The zero-order valence-electron chi connectivity index (χ0n) is 11.5. The lowest BCUT2D eigenvalue weighted by molar-refractivity contribution is -0.142. The van der Waals surface area contributed by atoms with Crippen molar-refractivity contribution in [1.29, 1.82) is 0 Å². The molecule has 1 aromatic rings. The van der Waals surface area contributed by atoms with E-state index in [-0.39, 0.29) is 36.6 Å². The number of rotatable bonds is 4. The van der Waals surface area contributed by atoms with Crippen LogP contribution in [0.25, 0.3) is 0 Å². The molecule has 2 rings (SSSR count). The zero-order chi connectivity index (χ0) is 15.6. The van der Waals surface area contributed by atoms with Crippen LogP contribution in [0.3, 0.4) is 0 Å². The van der Waals surface area contributed by atoms with Crippen molar-refractivity contribution in [2.75, 3.05) is 20.2 Å². The van der Waals surface area contributed by atoms with E-state index in [4.69, 9.17) is 9.84 Å². The third-order valence-electron chi connectivity index (χ3n) is 3.56. The topological polar surface area (TPSA) is 83.9 Å². The number of hydrogen-bond acceptors (Lipinski definition) is 4. The van der Waals surface area contributed by atoms with Crippen LogP contribution in [0.5, 0.6) is 5.75 Å². The maximum atomic E-state index is 13.3. The third kappa shape index (κ3) is 3.16. The Morgan fingerprint density at radius 2 is 2.00 bits per heavy atom. The normalized spacial score (nSPS) is 17.6. The predicted molar refractivity (Wildman–Crippen MR) is 72.1 cm³/mol. The van der Waals surface area contributed by atoms with Crippen LogP contribution in [-0.4, -0.2) is 44.0 Å². The molecule has 1 saturated heterocycles. The highest BCUT2D eigenvalue weighted by molar-refractivity contribution is 7.89. The standard InChI is InChI=1S/C13H16FNO5S/c1-20-12-8-10(2-3-11(12)14)21(18,19)15-6-4-9(5-7-15)13(16)17/h2-3,8-9H,4-7H2,1H3,(H,16,17). The predicted octanol–water partition coefficient (Wildman–Crippen LogP) is 1.32. The lowest BCUT2D eigenvalue weighted by Crippen LogP contribution is -2.40. The minimum atomic E-state index is -3.77. The van der Waals surface area contributed by atoms with Gasteiger partial charge in [0, 0.05) is 19.2 Å². The Morgan fingerprint density at radius 3 is 2.52 bits per heavy atom. The van der Waals surface area contributed by atoms with Crippen LogP contribution in [0.4, 0.5) is 4.39 Å². The van der Waals surface area contributed by atoms with Crippen LogP contribution >= 0.6 is 0 Å². The number of carboxylic acid groups (broad SMARTS) is 1. The average molecular weight is 317 g/mol. The maximum absolute atomic E-state index is 13.3. The fourth-order valence-electron chi connectivity index (χ4n) is 2.29. The molecule has 0 radical (unpaired) electrons. The largest absolute Gasteiger partial charge is 0.494 e. The molecule has 1 aromatic carbocycles. The van der Waals surface area contributed by atoms with Gasteiger partial charge in [-0.1, -0.05) is 0 Å². The van der Waals surface area contributed by atoms with Crippen LogP contribution < -0.4 is 4.74 Å². The summed E-state index contributed by atoms with van der Waals surface area (Å²) in [7, 11) is -2.51. The van der Waals surface area contributed by atoms with Gasteiger partial charge in [0.25, 0.3) is 0 Å². The zero-order valence-corrected chi connectivity index (χ0v) is 12.3. The second-order valence-electron chi connectivity index (χ2n) is 4.81. The summed E-state index contributed by atoms with van der Waals surface area (Å²) in [5.74, 6) is -2.20. The van der Waals surface area contributed by atoms with Crippen LogP contribution in [-0.2, 0) is 14.8 Å². The number of sulfonamides is 1. The molecule has 116 valence electrons. The van der Waals surface area contributed by atoms with Gasteiger partial charge in [0.15, 0.2) is 11.6 Å². The monoisotopic (exact) mass is 317 g/mol. The van der Waals surface area contributed by atoms with Crippen molar-refractivity contribution in [3.63, 3.8) is 0 Å². The van der Waals surface area contributed by atoms with E-state index in [2.05, 4.69) is 0 Å². The van der Waals surface area contributed by atoms with Gasteiger partial charge in [0.2, 0.25) is 10.0 Å². The molecule has 1 aliphatic rings. The Bertz CT molecular complexity index is 638. The fraction of sp³-hybridized carbons (Fsp3) is 0.462. The van der Waals surface area contributed by atoms with E-state index in [1.165, 1.54) is 17.5 Å². The summed E-state index contributed by atoms with van der Waals surface area (Å²) < 4.78 is 44.2. The summed E-state index contributed by atoms with van der Waals surface area (Å²) in [6, 6.07) is 3.35. The highest BCUT2D eigenvalue weighted by atomic mass is 32.2. The van der Waals surface area contributed by atoms with Crippen LogP contribution in [0.2, 0.25) is 0 Å². The first kappa shape index (κ1) is 15.7. The number of ether oxygens (including phenoxy) is 1. The Hall–Kier alpha value is -1.67. The summed E-state index contributed by atoms with van der Waals surface area (Å²) in [6.45, 7) is 0.276. The Labute approximate surface area is 122 Å². The Balaban J connectivity index is 2.21. The number of nitrogens with zero attached hydrogens (tertiary/aromatic N) is 1. The first-order chi connectivity index (χ1) is 9.86. The van der Waals surface area contributed by atoms with Crippen molar-refractivity contribution in [1.82, 2.24) is 4.31 Å². The first-order valence-corrected chi connectivity index (χ1v) is 7.86. The smallest absolute Gasteiger partial charge is 0.306 e. The number of piperidine rings is 1. The van der Waals surface area contributed by atoms with Crippen molar-refractivity contribution in [2.45, 2.75) is 17.7 Å². The summed E-state index contributed by atoms with van der Waals surface area (Å²) >= 11 is 0. The summed E-state index contributed by atoms with van der Waals surface area (Å²) in [6.07, 6.45) is 0.541. The van der Waals surface area contributed by atoms with Gasteiger partial charge in [-0.3, -0.25) is 4.79 Å². The van der Waals surface area contributed by atoms with E-state index in [1.807, 2.05) is 0 Å². The molecular formula is C13H16FNO5S. The van der Waals surface area contributed by atoms with Crippen molar-refractivity contribution >= 4 is 16.0 Å². The molecule has 1 N–H and O–H groups in total. The van der Waals surface area contributed by atoms with Crippen molar-refractivity contribution in [3.05, 3.63) is 24.0 Å². The minimum absolute atomic E-state index is 0.0606. The van der Waals surface area contributed by atoms with Gasteiger partial charge in [-0.15, -0.1) is 0 Å². The summed E-state index contributed by atoms with van der Waals surface area (Å²) in [5, 5.41) is 8.92. The lowest BCUT2D eigenvalue weighted by atomic mass is 9.99. The van der Waals surface area contributed by atoms with Crippen LogP contribution in [0.1, 0.15) is 12.8 Å². The molecule has 0 atom stereocenters. The number of carbonyl (C=O) groups is 1. The van der Waals surface area contributed by atoms with E-state index in [1.54, 1.807) is 0 Å². The van der Waals surface area contributed by atoms with Crippen molar-refractivity contribution < 1.29 is 27.4 Å². The van der Waals surface area contributed by atoms with E-state index in [0.717, 1.165) is 12.1 Å². The number of hydrogen-bond donors (Lipinski definition) is 1. The van der Waals surface area contributed by atoms with Gasteiger partial charge >= 0.3 is 5.97 Å². The molecule has 0 bridgehead atoms. The minimum Gasteiger partial charge on any atom is -0.494 e. The highest BCUT2D eigenvalue weighted by Gasteiger charge is 2.32. The van der Waals surface area contributed by atoms with Gasteiger partial charge in [-0.05, 0) is 25.0 Å². The van der Waals surface area contributed by atoms with Crippen LogP contribution in [0, 0.1) is 11.7 Å². The second kappa shape index (κ2) is 5.98. The number of carboxylic acids is 1. The van der Waals surface area contributed by atoms with Gasteiger partial charge in [0.1, 0.15) is 0 Å². The lowest BCUT2D eigenvalue weighted by Gasteiger charge is -2.29. The molecule has 0 unspecified atom stereocenters. The SMILES string of the molecule is COc1cc(S(=O)(=O)N2CCC(C(=O)O)CC2)ccc1F. The molecule has 0 amide bonds. The third-order valence-corrected chi connectivity index (χ3v) is 5.46. The molecule has 21 heavy (non-hydrogen) atoms. The fourth-order valence-corrected chi connectivity index (χ4v) is 3.78. The Kier molecular flexibility index (Phi) is 4.48. The molecule has 0 aromatic heterocycles. The molecule has 0 spiro atoms. The van der Waals surface area contributed by atoms with E-state index in [9.17, 15) is 17.6 Å². The molecule has 1 fully saturated rings. The number of aliphatic carboxylic acids is 1. The summed E-state index contributed by atoms with van der Waals surface area (Å²) in [4.78, 5) is 10.8. The highest BCUT2D eigenvalue weighted by Crippen LogP contribution is 2.27. The van der Waals surface area contributed by atoms with Crippen molar-refractivity contribution in [2.24, 2.45) is 5.92 Å².